The Balaban J connectivity index is 2.81. The monoisotopic (exact) mass is 208 g/mol. The second-order valence-corrected chi connectivity index (χ2v) is 3.94. The predicted octanol–water partition coefficient (Wildman–Crippen LogP) is 2.00. The summed E-state index contributed by atoms with van der Waals surface area (Å²) >= 11 is 0. The zero-order valence-corrected chi connectivity index (χ0v) is 9.99. The van der Waals surface area contributed by atoms with Gasteiger partial charge in [-0.25, -0.2) is 9.97 Å². The largest absolute Gasteiger partial charge is 0.373 e. The fourth-order valence-electron chi connectivity index (χ4n) is 1.48. The van der Waals surface area contributed by atoms with E-state index in [1.165, 1.54) is 0 Å². The SMILES string of the molecule is CCN(CC(C)C)c1cc(NC)ncn1. The first-order valence-corrected chi connectivity index (χ1v) is 5.42. The predicted molar refractivity (Wildman–Crippen MR) is 64.3 cm³/mol. The summed E-state index contributed by atoms with van der Waals surface area (Å²) in [4.78, 5) is 10.6. The van der Waals surface area contributed by atoms with Crippen molar-refractivity contribution in [3.05, 3.63) is 12.4 Å². The number of rotatable bonds is 5. The molecule has 15 heavy (non-hydrogen) atoms. The fraction of sp³-hybridized carbons (Fsp3) is 0.636. The van der Waals surface area contributed by atoms with Crippen LogP contribution >= 0.6 is 0 Å². The summed E-state index contributed by atoms with van der Waals surface area (Å²) in [5.41, 5.74) is 0. The summed E-state index contributed by atoms with van der Waals surface area (Å²) in [5, 5.41) is 3.02. The molecule has 1 aromatic rings. The number of hydrogen-bond donors (Lipinski definition) is 1. The van der Waals surface area contributed by atoms with E-state index in [2.05, 4.69) is 41.0 Å². The lowest BCUT2D eigenvalue weighted by Crippen LogP contribution is -2.28. The van der Waals surface area contributed by atoms with Crippen LogP contribution in [0.2, 0.25) is 0 Å². The Labute approximate surface area is 91.7 Å². The van der Waals surface area contributed by atoms with Crippen LogP contribution in [0.15, 0.2) is 12.4 Å². The van der Waals surface area contributed by atoms with E-state index in [0.29, 0.717) is 5.92 Å². The zero-order valence-electron chi connectivity index (χ0n) is 9.99. The summed E-state index contributed by atoms with van der Waals surface area (Å²) in [6, 6.07) is 1.98. The molecule has 4 nitrogen and oxygen atoms in total. The van der Waals surface area contributed by atoms with Crippen molar-refractivity contribution < 1.29 is 0 Å². The topological polar surface area (TPSA) is 41.0 Å². The lowest BCUT2D eigenvalue weighted by Gasteiger charge is -2.23. The van der Waals surface area contributed by atoms with Crippen molar-refractivity contribution in [1.29, 1.82) is 0 Å². The molecule has 0 aliphatic carbocycles. The number of nitrogens with zero attached hydrogens (tertiary/aromatic N) is 3. The van der Waals surface area contributed by atoms with Gasteiger partial charge in [0.15, 0.2) is 0 Å². The van der Waals surface area contributed by atoms with E-state index in [9.17, 15) is 0 Å². The maximum absolute atomic E-state index is 4.29. The zero-order chi connectivity index (χ0) is 11.3. The van der Waals surface area contributed by atoms with Crippen LogP contribution in [0, 0.1) is 5.92 Å². The van der Waals surface area contributed by atoms with E-state index >= 15 is 0 Å². The standard InChI is InChI=1S/C11H20N4/c1-5-15(7-9(2)3)11-6-10(12-4)13-8-14-11/h6,8-9H,5,7H2,1-4H3,(H,12,13,14). The molecule has 0 aliphatic rings. The van der Waals surface area contributed by atoms with Crippen LogP contribution in [0.1, 0.15) is 20.8 Å². The van der Waals surface area contributed by atoms with Gasteiger partial charge in [-0.15, -0.1) is 0 Å². The molecule has 0 atom stereocenters. The Morgan fingerprint density at radius 3 is 2.67 bits per heavy atom. The van der Waals surface area contributed by atoms with Gasteiger partial charge in [-0.3, -0.25) is 0 Å². The quantitative estimate of drug-likeness (QED) is 0.803. The third-order valence-electron chi connectivity index (χ3n) is 2.20. The molecule has 0 saturated heterocycles. The summed E-state index contributed by atoms with van der Waals surface area (Å²) < 4.78 is 0. The lowest BCUT2D eigenvalue weighted by molar-refractivity contribution is 0.614. The van der Waals surface area contributed by atoms with Crippen LogP contribution in [0.5, 0.6) is 0 Å². The molecular formula is C11H20N4. The average molecular weight is 208 g/mol. The Morgan fingerprint density at radius 1 is 1.40 bits per heavy atom. The molecule has 1 heterocycles. The maximum atomic E-state index is 4.29. The molecule has 1 aromatic heterocycles. The van der Waals surface area contributed by atoms with Crippen LogP contribution in [0.25, 0.3) is 0 Å². The highest BCUT2D eigenvalue weighted by atomic mass is 15.2. The second kappa shape index (κ2) is 5.53. The van der Waals surface area contributed by atoms with E-state index in [0.717, 1.165) is 24.7 Å². The first kappa shape index (κ1) is 11.8. The summed E-state index contributed by atoms with van der Waals surface area (Å²) in [6.07, 6.45) is 1.60. The molecule has 84 valence electrons. The molecule has 0 bridgehead atoms. The average Bonchev–Trinajstić information content (AvgIpc) is 2.25. The van der Waals surface area contributed by atoms with E-state index in [1.807, 2.05) is 13.1 Å². The third kappa shape index (κ3) is 3.38. The molecule has 0 spiro atoms. The molecule has 4 heteroatoms. The van der Waals surface area contributed by atoms with E-state index in [-0.39, 0.29) is 0 Å². The summed E-state index contributed by atoms with van der Waals surface area (Å²) in [6.45, 7) is 8.56. The minimum absolute atomic E-state index is 0.637. The normalized spacial score (nSPS) is 10.5. The number of nitrogens with one attached hydrogen (secondary N) is 1. The van der Waals surface area contributed by atoms with Gasteiger partial charge in [-0.2, -0.15) is 0 Å². The van der Waals surface area contributed by atoms with Crippen molar-refractivity contribution in [2.75, 3.05) is 30.4 Å². The highest BCUT2D eigenvalue weighted by Gasteiger charge is 2.08. The Bertz CT molecular complexity index is 298. The lowest BCUT2D eigenvalue weighted by atomic mass is 10.2. The van der Waals surface area contributed by atoms with Gasteiger partial charge in [0.1, 0.15) is 18.0 Å². The van der Waals surface area contributed by atoms with Gasteiger partial charge >= 0.3 is 0 Å². The van der Waals surface area contributed by atoms with Gasteiger partial charge in [0, 0.05) is 26.2 Å². The van der Waals surface area contributed by atoms with E-state index < -0.39 is 0 Å². The van der Waals surface area contributed by atoms with Crippen molar-refractivity contribution in [1.82, 2.24) is 9.97 Å². The minimum atomic E-state index is 0.637. The Morgan fingerprint density at radius 2 is 2.13 bits per heavy atom. The molecule has 1 rings (SSSR count). The molecule has 0 aliphatic heterocycles. The van der Waals surface area contributed by atoms with E-state index in [1.54, 1.807) is 6.33 Å². The van der Waals surface area contributed by atoms with Crippen molar-refractivity contribution >= 4 is 11.6 Å². The van der Waals surface area contributed by atoms with Crippen LogP contribution in [0.3, 0.4) is 0 Å². The molecule has 1 N–H and O–H groups in total. The second-order valence-electron chi connectivity index (χ2n) is 3.94. The van der Waals surface area contributed by atoms with Gasteiger partial charge < -0.3 is 10.2 Å². The van der Waals surface area contributed by atoms with Crippen LogP contribution in [-0.2, 0) is 0 Å². The van der Waals surface area contributed by atoms with Crippen molar-refractivity contribution in [2.45, 2.75) is 20.8 Å². The number of anilines is 2. The number of aromatic nitrogens is 2. The van der Waals surface area contributed by atoms with Gasteiger partial charge in [0.2, 0.25) is 0 Å². The van der Waals surface area contributed by atoms with Crippen molar-refractivity contribution in [2.24, 2.45) is 5.92 Å². The highest BCUT2D eigenvalue weighted by molar-refractivity contribution is 5.47. The van der Waals surface area contributed by atoms with Crippen molar-refractivity contribution in [3.8, 4) is 0 Å². The fourth-order valence-corrected chi connectivity index (χ4v) is 1.48. The number of hydrogen-bond acceptors (Lipinski definition) is 4. The van der Waals surface area contributed by atoms with Gasteiger partial charge in [-0.1, -0.05) is 13.8 Å². The van der Waals surface area contributed by atoms with Gasteiger partial charge in [-0.05, 0) is 12.8 Å². The molecule has 0 amide bonds. The molecule has 0 radical (unpaired) electrons. The molecule has 0 unspecified atom stereocenters. The first-order chi connectivity index (χ1) is 7.17. The van der Waals surface area contributed by atoms with Gasteiger partial charge in [0.05, 0.1) is 0 Å². The Hall–Kier alpha value is -1.32. The van der Waals surface area contributed by atoms with Crippen molar-refractivity contribution in [3.63, 3.8) is 0 Å². The van der Waals surface area contributed by atoms with Gasteiger partial charge in [0.25, 0.3) is 0 Å². The first-order valence-electron chi connectivity index (χ1n) is 5.42. The molecule has 0 saturated carbocycles. The molecular weight excluding hydrogens is 188 g/mol. The van der Waals surface area contributed by atoms with Crippen LogP contribution in [0.4, 0.5) is 11.6 Å². The van der Waals surface area contributed by atoms with E-state index in [4.69, 9.17) is 0 Å². The summed E-state index contributed by atoms with van der Waals surface area (Å²) in [7, 11) is 1.87. The maximum Gasteiger partial charge on any atom is 0.134 e. The third-order valence-corrected chi connectivity index (χ3v) is 2.20. The smallest absolute Gasteiger partial charge is 0.134 e. The molecule has 0 aromatic carbocycles. The summed E-state index contributed by atoms with van der Waals surface area (Å²) in [5.74, 6) is 2.49. The van der Waals surface area contributed by atoms with Crippen LogP contribution in [-0.4, -0.2) is 30.1 Å². The Kier molecular flexibility index (Phi) is 4.34. The molecule has 0 fully saturated rings. The van der Waals surface area contributed by atoms with Crippen LogP contribution < -0.4 is 10.2 Å². The minimum Gasteiger partial charge on any atom is -0.373 e. The highest BCUT2D eigenvalue weighted by Crippen LogP contribution is 2.14.